The van der Waals surface area contributed by atoms with Gasteiger partial charge >= 0.3 is 0 Å². The lowest BCUT2D eigenvalue weighted by atomic mass is 9.94. The van der Waals surface area contributed by atoms with E-state index in [-0.39, 0.29) is 0 Å². The van der Waals surface area contributed by atoms with Gasteiger partial charge in [-0.15, -0.1) is 0 Å². The van der Waals surface area contributed by atoms with Crippen molar-refractivity contribution >= 4 is 43.6 Å². The number of rotatable bonds is 6. The Morgan fingerprint density at radius 2 is 0.661 bits per heavy atom. The Hall–Kier alpha value is -7.42. The number of nitrogens with zero attached hydrogens (tertiary/aromatic N) is 2. The summed E-state index contributed by atoms with van der Waals surface area (Å²) in [7, 11) is 0. The van der Waals surface area contributed by atoms with Crippen molar-refractivity contribution in [2.24, 2.45) is 0 Å². The van der Waals surface area contributed by atoms with Gasteiger partial charge in [-0.05, 0) is 99.1 Å². The molecule has 0 aliphatic rings. The molecule has 2 heterocycles. The third kappa shape index (κ3) is 5.26. The minimum Gasteiger partial charge on any atom is -0.309 e. The fourth-order valence-electron chi connectivity index (χ4n) is 8.73. The van der Waals surface area contributed by atoms with Gasteiger partial charge in [0.15, 0.2) is 0 Å². The summed E-state index contributed by atoms with van der Waals surface area (Å²) in [4.78, 5) is 0. The Bertz CT molecular complexity index is 3240. The Balaban J connectivity index is 1.06. The molecular weight excluding hydrogens is 677 g/mol. The van der Waals surface area contributed by atoms with Gasteiger partial charge in [-0.1, -0.05) is 164 Å². The van der Waals surface area contributed by atoms with Crippen LogP contribution < -0.4 is 0 Å². The van der Waals surface area contributed by atoms with Gasteiger partial charge in [-0.3, -0.25) is 0 Å². The number of para-hydroxylation sites is 2. The van der Waals surface area contributed by atoms with Gasteiger partial charge in [0.05, 0.1) is 22.1 Å². The van der Waals surface area contributed by atoms with Gasteiger partial charge in [0.2, 0.25) is 0 Å². The van der Waals surface area contributed by atoms with Crippen LogP contribution in [0.1, 0.15) is 0 Å². The van der Waals surface area contributed by atoms with Gasteiger partial charge in [-0.2, -0.15) is 0 Å². The largest absolute Gasteiger partial charge is 0.309 e. The highest BCUT2D eigenvalue weighted by atomic mass is 15.0. The SMILES string of the molecule is c1ccc(-c2cccc(-n3c4ccccc4c4ccc(-c5ccc6c(c5)c5ccccc5n6-c5cccc(-c6ccccc6-c6ccccc6)c5)cc43)c2)cc1. The summed E-state index contributed by atoms with van der Waals surface area (Å²) in [5, 5.41) is 4.99. The van der Waals surface area contributed by atoms with Gasteiger partial charge < -0.3 is 9.13 Å². The van der Waals surface area contributed by atoms with E-state index < -0.39 is 0 Å². The molecule has 0 saturated carbocycles. The highest BCUT2D eigenvalue weighted by molar-refractivity contribution is 6.12. The van der Waals surface area contributed by atoms with E-state index >= 15 is 0 Å². The van der Waals surface area contributed by atoms with E-state index in [1.54, 1.807) is 0 Å². The lowest BCUT2D eigenvalue weighted by Gasteiger charge is -2.13. The first-order chi connectivity index (χ1) is 27.8. The zero-order valence-electron chi connectivity index (χ0n) is 30.7. The molecule has 0 spiro atoms. The average molecular weight is 713 g/mol. The standard InChI is InChI=1S/C54H36N2/c1-3-15-37(16-4-1)39-19-13-21-43(33-39)56-51-27-11-9-25-47(51)49-31-29-41(36-54(49)56)40-30-32-53-50(35-40)48-26-10-12-28-52(48)55(53)44-22-14-20-42(34-44)46-24-8-7-23-45(46)38-17-5-2-6-18-38/h1-36H. The fourth-order valence-corrected chi connectivity index (χ4v) is 8.73. The summed E-state index contributed by atoms with van der Waals surface area (Å²) in [6.45, 7) is 0. The molecule has 0 aliphatic carbocycles. The molecule has 0 radical (unpaired) electrons. The molecule has 0 bridgehead atoms. The molecule has 11 rings (SSSR count). The maximum absolute atomic E-state index is 2.42. The van der Waals surface area contributed by atoms with Crippen molar-refractivity contribution in [2.75, 3.05) is 0 Å². The van der Waals surface area contributed by atoms with E-state index in [0.717, 1.165) is 11.4 Å². The number of benzene rings is 9. The average Bonchev–Trinajstić information content (AvgIpc) is 3.79. The highest BCUT2D eigenvalue weighted by Gasteiger charge is 2.17. The van der Waals surface area contributed by atoms with Crippen molar-refractivity contribution in [3.05, 3.63) is 218 Å². The first-order valence-corrected chi connectivity index (χ1v) is 19.3. The molecule has 262 valence electrons. The molecule has 0 N–H and O–H groups in total. The Morgan fingerprint density at radius 3 is 1.38 bits per heavy atom. The third-order valence-electron chi connectivity index (χ3n) is 11.3. The number of fused-ring (bicyclic) bond motifs is 6. The van der Waals surface area contributed by atoms with Crippen molar-refractivity contribution in [1.29, 1.82) is 0 Å². The Morgan fingerprint density at radius 1 is 0.214 bits per heavy atom. The molecule has 2 heteroatoms. The van der Waals surface area contributed by atoms with E-state index in [4.69, 9.17) is 0 Å². The van der Waals surface area contributed by atoms with Crippen molar-refractivity contribution in [1.82, 2.24) is 9.13 Å². The van der Waals surface area contributed by atoms with Crippen molar-refractivity contribution < 1.29 is 0 Å². The zero-order valence-corrected chi connectivity index (χ0v) is 30.7. The quantitative estimate of drug-likeness (QED) is 0.162. The van der Waals surface area contributed by atoms with Gasteiger partial charge in [0.1, 0.15) is 0 Å². The van der Waals surface area contributed by atoms with E-state index in [9.17, 15) is 0 Å². The van der Waals surface area contributed by atoms with Crippen molar-refractivity contribution in [3.63, 3.8) is 0 Å². The second-order valence-electron chi connectivity index (χ2n) is 14.5. The molecule has 0 unspecified atom stereocenters. The predicted octanol–water partition coefficient (Wildman–Crippen LogP) is 14.5. The normalized spacial score (nSPS) is 11.6. The second kappa shape index (κ2) is 13.2. The predicted molar refractivity (Wildman–Crippen MR) is 237 cm³/mol. The molecular formula is C54H36N2. The summed E-state index contributed by atoms with van der Waals surface area (Å²) in [5.41, 5.74) is 16.8. The van der Waals surface area contributed by atoms with Crippen LogP contribution in [0.25, 0.3) is 99.5 Å². The minimum atomic E-state index is 1.15. The van der Waals surface area contributed by atoms with Crippen LogP contribution in [0.5, 0.6) is 0 Å². The number of aromatic nitrogens is 2. The van der Waals surface area contributed by atoms with Crippen LogP contribution in [-0.4, -0.2) is 9.13 Å². The van der Waals surface area contributed by atoms with Gasteiger partial charge in [-0.25, -0.2) is 0 Å². The van der Waals surface area contributed by atoms with Crippen LogP contribution in [0, 0.1) is 0 Å². The molecule has 2 nitrogen and oxygen atoms in total. The number of hydrogen-bond donors (Lipinski definition) is 0. The maximum atomic E-state index is 2.42. The maximum Gasteiger partial charge on any atom is 0.0547 e. The summed E-state index contributed by atoms with van der Waals surface area (Å²) < 4.78 is 4.85. The van der Waals surface area contributed by atoms with E-state index in [0.29, 0.717) is 0 Å². The molecule has 0 atom stereocenters. The summed E-state index contributed by atoms with van der Waals surface area (Å²) in [6.07, 6.45) is 0. The van der Waals surface area contributed by atoms with Crippen LogP contribution >= 0.6 is 0 Å². The lowest BCUT2D eigenvalue weighted by Crippen LogP contribution is -1.95. The molecule has 0 amide bonds. The molecule has 2 aromatic heterocycles. The molecule has 0 saturated heterocycles. The lowest BCUT2D eigenvalue weighted by molar-refractivity contribution is 1.18. The van der Waals surface area contributed by atoms with Crippen LogP contribution in [-0.2, 0) is 0 Å². The smallest absolute Gasteiger partial charge is 0.0547 e. The summed E-state index contributed by atoms with van der Waals surface area (Å²) in [6, 6.07) is 79.4. The second-order valence-corrected chi connectivity index (χ2v) is 14.5. The van der Waals surface area contributed by atoms with E-state index in [1.165, 1.54) is 88.1 Å². The minimum absolute atomic E-state index is 1.15. The highest BCUT2D eigenvalue weighted by Crippen LogP contribution is 2.40. The van der Waals surface area contributed by atoms with E-state index in [1.807, 2.05) is 0 Å². The molecule has 9 aromatic carbocycles. The molecule has 0 aliphatic heterocycles. The number of hydrogen-bond acceptors (Lipinski definition) is 0. The van der Waals surface area contributed by atoms with Crippen LogP contribution in [0.4, 0.5) is 0 Å². The first kappa shape index (κ1) is 32.0. The third-order valence-corrected chi connectivity index (χ3v) is 11.3. The van der Waals surface area contributed by atoms with Gasteiger partial charge in [0, 0.05) is 32.9 Å². The van der Waals surface area contributed by atoms with Crippen molar-refractivity contribution in [2.45, 2.75) is 0 Å². The fraction of sp³-hybridized carbons (Fsp3) is 0. The molecule has 56 heavy (non-hydrogen) atoms. The molecule has 0 fully saturated rings. The Labute approximate surface area is 325 Å². The van der Waals surface area contributed by atoms with Crippen LogP contribution in [0.3, 0.4) is 0 Å². The van der Waals surface area contributed by atoms with Crippen molar-refractivity contribution in [3.8, 4) is 55.9 Å². The van der Waals surface area contributed by atoms with Crippen LogP contribution in [0.15, 0.2) is 218 Å². The van der Waals surface area contributed by atoms with Crippen LogP contribution in [0.2, 0.25) is 0 Å². The monoisotopic (exact) mass is 712 g/mol. The summed E-state index contributed by atoms with van der Waals surface area (Å²) in [5.74, 6) is 0. The first-order valence-electron chi connectivity index (χ1n) is 19.3. The molecule has 11 aromatic rings. The van der Waals surface area contributed by atoms with E-state index in [2.05, 4.69) is 228 Å². The Kier molecular flexibility index (Phi) is 7.53. The van der Waals surface area contributed by atoms with Gasteiger partial charge in [0.25, 0.3) is 0 Å². The zero-order chi connectivity index (χ0) is 37.0. The topological polar surface area (TPSA) is 9.86 Å². The summed E-state index contributed by atoms with van der Waals surface area (Å²) >= 11 is 0.